The number of pyridine rings is 1. The molecule has 3 rings (SSSR count). The van der Waals surface area contributed by atoms with Gasteiger partial charge in [0.1, 0.15) is 0 Å². The second-order valence-corrected chi connectivity index (χ2v) is 6.16. The molecule has 2 heterocycles. The molecule has 1 aliphatic rings. The van der Waals surface area contributed by atoms with Crippen molar-refractivity contribution in [3.63, 3.8) is 0 Å². The molecule has 1 unspecified atom stereocenters. The van der Waals surface area contributed by atoms with E-state index < -0.39 is 0 Å². The van der Waals surface area contributed by atoms with Crippen molar-refractivity contribution in [2.75, 3.05) is 11.1 Å². The Morgan fingerprint density at radius 1 is 1.45 bits per heavy atom. The third-order valence-corrected chi connectivity index (χ3v) is 4.73. The van der Waals surface area contributed by atoms with Crippen molar-refractivity contribution in [1.82, 2.24) is 4.98 Å². The van der Waals surface area contributed by atoms with Crippen LogP contribution in [0.2, 0.25) is 5.15 Å². The number of carbonyl (C=O) groups excluding carboxylic acids is 1. The van der Waals surface area contributed by atoms with E-state index in [2.05, 4.69) is 16.4 Å². The zero-order valence-corrected chi connectivity index (χ0v) is 12.5. The Kier molecular flexibility index (Phi) is 3.68. The summed E-state index contributed by atoms with van der Waals surface area (Å²) in [7, 11) is 0. The number of anilines is 1. The first-order valence-electron chi connectivity index (χ1n) is 6.30. The van der Waals surface area contributed by atoms with Crippen molar-refractivity contribution in [2.45, 2.75) is 17.7 Å². The number of rotatable bonds is 2. The van der Waals surface area contributed by atoms with E-state index in [1.165, 1.54) is 4.90 Å². The van der Waals surface area contributed by atoms with Gasteiger partial charge in [0.15, 0.2) is 5.15 Å². The number of thioether (sulfide) groups is 1. The molecule has 0 spiro atoms. The summed E-state index contributed by atoms with van der Waals surface area (Å²) in [6, 6.07) is 9.85. The summed E-state index contributed by atoms with van der Waals surface area (Å²) < 4.78 is 0. The van der Waals surface area contributed by atoms with Crippen molar-refractivity contribution in [3.05, 3.63) is 52.8 Å². The van der Waals surface area contributed by atoms with E-state index in [4.69, 9.17) is 11.6 Å². The second kappa shape index (κ2) is 5.46. The first-order valence-corrected chi connectivity index (χ1v) is 7.66. The summed E-state index contributed by atoms with van der Waals surface area (Å²) in [6.45, 7) is 1.92. The number of hydrogen-bond donors (Lipinski definition) is 1. The van der Waals surface area contributed by atoms with E-state index in [-0.39, 0.29) is 11.8 Å². The molecule has 102 valence electrons. The fraction of sp³-hybridized carbons (Fsp3) is 0.200. The maximum Gasteiger partial charge on any atom is 0.232 e. The monoisotopic (exact) mass is 304 g/mol. The lowest BCUT2D eigenvalue weighted by atomic mass is 10.0. The Morgan fingerprint density at radius 2 is 2.25 bits per heavy atom. The highest BCUT2D eigenvalue weighted by Gasteiger charge is 2.29. The number of amides is 1. The summed E-state index contributed by atoms with van der Waals surface area (Å²) in [4.78, 5) is 17.7. The molecule has 0 saturated carbocycles. The van der Waals surface area contributed by atoms with Crippen LogP contribution in [0.1, 0.15) is 17.0 Å². The number of halogens is 1. The molecule has 0 fully saturated rings. The van der Waals surface area contributed by atoms with Gasteiger partial charge < -0.3 is 5.32 Å². The van der Waals surface area contributed by atoms with E-state index in [0.29, 0.717) is 10.8 Å². The van der Waals surface area contributed by atoms with Gasteiger partial charge in [-0.15, -0.1) is 11.8 Å². The van der Waals surface area contributed by atoms with Crippen LogP contribution in [0.25, 0.3) is 0 Å². The first kappa shape index (κ1) is 13.5. The van der Waals surface area contributed by atoms with Crippen molar-refractivity contribution >= 4 is 35.0 Å². The average Bonchev–Trinajstić information content (AvgIpc) is 2.87. The van der Waals surface area contributed by atoms with E-state index >= 15 is 0 Å². The molecule has 1 aromatic carbocycles. The number of aromatic nitrogens is 1. The lowest BCUT2D eigenvalue weighted by molar-refractivity contribution is -0.117. The van der Waals surface area contributed by atoms with Gasteiger partial charge in [0.25, 0.3) is 0 Å². The van der Waals surface area contributed by atoms with E-state index in [0.717, 1.165) is 16.9 Å². The molecule has 0 aliphatic carbocycles. The Hall–Kier alpha value is -1.52. The van der Waals surface area contributed by atoms with Gasteiger partial charge in [-0.25, -0.2) is 4.98 Å². The molecule has 0 bridgehead atoms. The van der Waals surface area contributed by atoms with Crippen LogP contribution in [0.15, 0.2) is 41.4 Å². The van der Waals surface area contributed by atoms with Gasteiger partial charge in [0, 0.05) is 16.8 Å². The molecule has 3 nitrogen and oxygen atoms in total. The van der Waals surface area contributed by atoms with Gasteiger partial charge in [-0.3, -0.25) is 4.79 Å². The molecule has 1 atom stereocenters. The van der Waals surface area contributed by atoms with Crippen LogP contribution in [-0.4, -0.2) is 16.6 Å². The predicted octanol–water partition coefficient (Wildman–Crippen LogP) is 3.87. The zero-order valence-electron chi connectivity index (χ0n) is 10.9. The third-order valence-electron chi connectivity index (χ3n) is 3.25. The molecule has 1 amide bonds. The fourth-order valence-corrected chi connectivity index (χ4v) is 3.62. The van der Waals surface area contributed by atoms with Crippen molar-refractivity contribution in [3.8, 4) is 0 Å². The molecular weight excluding hydrogens is 292 g/mol. The normalized spacial score (nSPS) is 16.8. The minimum absolute atomic E-state index is 0.0308. The molecule has 20 heavy (non-hydrogen) atoms. The number of aryl methyl sites for hydroxylation is 1. The smallest absolute Gasteiger partial charge is 0.232 e. The molecule has 1 aliphatic heterocycles. The maximum absolute atomic E-state index is 12.4. The summed E-state index contributed by atoms with van der Waals surface area (Å²) >= 11 is 7.73. The number of carbonyl (C=O) groups is 1. The van der Waals surface area contributed by atoms with Crippen LogP contribution in [0.4, 0.5) is 5.69 Å². The van der Waals surface area contributed by atoms with Crippen LogP contribution in [0.3, 0.4) is 0 Å². The highest BCUT2D eigenvalue weighted by molar-refractivity contribution is 7.99. The topological polar surface area (TPSA) is 42.0 Å². The van der Waals surface area contributed by atoms with Crippen LogP contribution < -0.4 is 5.32 Å². The molecule has 0 saturated heterocycles. The van der Waals surface area contributed by atoms with E-state index in [9.17, 15) is 4.79 Å². The van der Waals surface area contributed by atoms with Gasteiger partial charge in [-0.1, -0.05) is 29.8 Å². The number of nitrogens with zero attached hydrogens (tertiary/aromatic N) is 1. The number of hydrogen-bond acceptors (Lipinski definition) is 3. The fourth-order valence-electron chi connectivity index (χ4n) is 2.24. The van der Waals surface area contributed by atoms with Gasteiger partial charge >= 0.3 is 0 Å². The van der Waals surface area contributed by atoms with Gasteiger partial charge in [0.05, 0.1) is 11.6 Å². The second-order valence-electron chi connectivity index (χ2n) is 4.74. The predicted molar refractivity (Wildman–Crippen MR) is 82.5 cm³/mol. The zero-order chi connectivity index (χ0) is 14.1. The Bertz CT molecular complexity index is 675. The standard InChI is InChI=1S/C15H13ClN2OS/c1-9-6-12(14(16)17-7-9)18-15(19)11-8-20-13-5-3-2-4-10(11)13/h2-7,11H,8H2,1H3,(H,18,19). The number of nitrogens with one attached hydrogen (secondary N) is 1. The lowest BCUT2D eigenvalue weighted by Crippen LogP contribution is -2.21. The largest absolute Gasteiger partial charge is 0.323 e. The average molecular weight is 305 g/mol. The molecule has 0 radical (unpaired) electrons. The Labute approximate surface area is 126 Å². The van der Waals surface area contributed by atoms with Crippen molar-refractivity contribution < 1.29 is 4.79 Å². The third kappa shape index (κ3) is 2.53. The van der Waals surface area contributed by atoms with Gasteiger partial charge in [-0.2, -0.15) is 0 Å². The quantitative estimate of drug-likeness (QED) is 0.856. The molecule has 1 aromatic heterocycles. The summed E-state index contributed by atoms with van der Waals surface area (Å²) in [5.41, 5.74) is 2.63. The van der Waals surface area contributed by atoms with Crippen molar-refractivity contribution in [1.29, 1.82) is 0 Å². The van der Waals surface area contributed by atoms with Gasteiger partial charge in [-0.05, 0) is 30.2 Å². The van der Waals surface area contributed by atoms with Crippen LogP contribution in [0, 0.1) is 6.92 Å². The van der Waals surface area contributed by atoms with Crippen LogP contribution >= 0.6 is 23.4 Å². The molecule has 2 aromatic rings. The van der Waals surface area contributed by atoms with Crippen LogP contribution in [-0.2, 0) is 4.79 Å². The minimum Gasteiger partial charge on any atom is -0.323 e. The Balaban J connectivity index is 1.83. The minimum atomic E-state index is -0.132. The van der Waals surface area contributed by atoms with Gasteiger partial charge in [0.2, 0.25) is 5.91 Å². The van der Waals surface area contributed by atoms with E-state index in [1.807, 2.05) is 31.2 Å². The Morgan fingerprint density at radius 3 is 3.10 bits per heavy atom. The lowest BCUT2D eigenvalue weighted by Gasteiger charge is -2.12. The summed E-state index contributed by atoms with van der Waals surface area (Å²) in [6.07, 6.45) is 1.68. The first-order chi connectivity index (χ1) is 9.65. The molecule has 1 N–H and O–H groups in total. The molecular formula is C15H13ClN2OS. The van der Waals surface area contributed by atoms with Crippen molar-refractivity contribution in [2.24, 2.45) is 0 Å². The summed E-state index contributed by atoms with van der Waals surface area (Å²) in [5, 5.41) is 3.21. The SMILES string of the molecule is Cc1cnc(Cl)c(NC(=O)C2CSc3ccccc32)c1. The number of fused-ring (bicyclic) bond motifs is 1. The molecule has 5 heteroatoms. The number of benzene rings is 1. The van der Waals surface area contributed by atoms with Crippen LogP contribution in [0.5, 0.6) is 0 Å². The highest BCUT2D eigenvalue weighted by atomic mass is 35.5. The highest BCUT2D eigenvalue weighted by Crippen LogP contribution is 2.40. The maximum atomic E-state index is 12.4. The summed E-state index contributed by atoms with van der Waals surface area (Å²) in [5.74, 6) is 0.603. The van der Waals surface area contributed by atoms with E-state index in [1.54, 1.807) is 18.0 Å².